The lowest BCUT2D eigenvalue weighted by Gasteiger charge is -2.39. The molecule has 2 saturated heterocycles. The van der Waals surface area contributed by atoms with Gasteiger partial charge in [0.05, 0.1) is 34.0 Å². The lowest BCUT2D eigenvalue weighted by Crippen LogP contribution is -2.54. The van der Waals surface area contributed by atoms with Crippen LogP contribution in [0.25, 0.3) is 44.6 Å². The average Bonchev–Trinajstić information content (AvgIpc) is 3.18. The first-order valence-corrected chi connectivity index (χ1v) is 19.7. The van der Waals surface area contributed by atoms with Gasteiger partial charge < -0.3 is 35.2 Å². The standard InChI is InChI=1S/C27H23F3N4O3.C19H17N3O3/c1-16-9-10-20-22(11-16)32-24(21-7-2-3-8-23(21)35)33-25(20)34-14-18(15-34)26(36)31-13-17-5-4-6-19(12-17)37-27(28,29)30;1-11-6-7-13-15(8-11)20-17(14-4-2-3-5-16(14)23)21-18(13)22-9-12(10-22)19(24)25/h2-12,18,35H,13-15H2,1H3,(H,31,36);2-8,12,23H,9-10H2,1H3,(H,24,25). The van der Waals surface area contributed by atoms with Crippen molar-refractivity contribution in [3.8, 4) is 40.0 Å². The van der Waals surface area contributed by atoms with E-state index >= 15 is 0 Å². The summed E-state index contributed by atoms with van der Waals surface area (Å²) in [7, 11) is 0. The molecule has 16 heteroatoms. The highest BCUT2D eigenvalue weighted by Gasteiger charge is 2.36. The molecular weight excluding hydrogens is 804 g/mol. The summed E-state index contributed by atoms with van der Waals surface area (Å²) in [4.78, 5) is 46.4. The van der Waals surface area contributed by atoms with E-state index in [1.807, 2.05) is 66.1 Å². The summed E-state index contributed by atoms with van der Waals surface area (Å²) in [6.45, 7) is 5.73. The van der Waals surface area contributed by atoms with Gasteiger partial charge in [-0.2, -0.15) is 0 Å². The number of phenolic OH excluding ortho intramolecular Hbond substituents is 2. The number of carbonyl (C=O) groups is 2. The molecule has 0 aliphatic carbocycles. The number of para-hydroxylation sites is 2. The summed E-state index contributed by atoms with van der Waals surface area (Å²) in [5.41, 5.74) is 5.19. The van der Waals surface area contributed by atoms with E-state index < -0.39 is 12.3 Å². The molecule has 0 bridgehead atoms. The number of aromatic nitrogens is 4. The highest BCUT2D eigenvalue weighted by Crippen LogP contribution is 2.36. The number of aromatic hydroxyl groups is 2. The number of amides is 1. The Kier molecular flexibility index (Phi) is 11.2. The van der Waals surface area contributed by atoms with E-state index in [1.165, 1.54) is 18.2 Å². The molecule has 2 aromatic heterocycles. The maximum absolute atomic E-state index is 12.7. The zero-order valence-electron chi connectivity index (χ0n) is 33.5. The molecule has 0 atom stereocenters. The molecule has 0 unspecified atom stereocenters. The van der Waals surface area contributed by atoms with E-state index in [4.69, 9.17) is 10.1 Å². The first-order chi connectivity index (χ1) is 29.7. The lowest BCUT2D eigenvalue weighted by atomic mass is 9.98. The predicted octanol–water partition coefficient (Wildman–Crippen LogP) is 7.79. The van der Waals surface area contributed by atoms with E-state index in [0.717, 1.165) is 32.9 Å². The van der Waals surface area contributed by atoms with Crippen LogP contribution in [0.4, 0.5) is 24.8 Å². The van der Waals surface area contributed by atoms with Crippen molar-refractivity contribution < 1.29 is 42.8 Å². The van der Waals surface area contributed by atoms with Crippen LogP contribution in [0.5, 0.6) is 17.2 Å². The van der Waals surface area contributed by atoms with E-state index in [9.17, 15) is 33.0 Å². The molecule has 0 radical (unpaired) electrons. The van der Waals surface area contributed by atoms with Gasteiger partial charge in [-0.15, -0.1) is 13.2 Å². The Bertz CT molecular complexity index is 2830. The van der Waals surface area contributed by atoms with Crippen LogP contribution in [0.2, 0.25) is 0 Å². The molecular formula is C46H40F3N7O6. The van der Waals surface area contributed by atoms with Crippen LogP contribution in [-0.4, -0.2) is 79.7 Å². The number of aliphatic carboxylic acids is 1. The van der Waals surface area contributed by atoms with Gasteiger partial charge in [0.1, 0.15) is 28.9 Å². The van der Waals surface area contributed by atoms with Crippen molar-refractivity contribution in [1.82, 2.24) is 25.3 Å². The molecule has 9 rings (SSSR count). The van der Waals surface area contributed by atoms with Gasteiger partial charge in [-0.1, -0.05) is 48.5 Å². The topological polar surface area (TPSA) is 174 Å². The van der Waals surface area contributed by atoms with Crippen molar-refractivity contribution in [3.05, 3.63) is 126 Å². The molecule has 2 aliphatic heterocycles. The van der Waals surface area contributed by atoms with Gasteiger partial charge in [0.25, 0.3) is 0 Å². The van der Waals surface area contributed by atoms with Crippen LogP contribution in [0.1, 0.15) is 16.7 Å². The van der Waals surface area contributed by atoms with Crippen molar-refractivity contribution in [2.75, 3.05) is 36.0 Å². The summed E-state index contributed by atoms with van der Waals surface area (Å²) >= 11 is 0. The van der Waals surface area contributed by atoms with Gasteiger partial charge in [0, 0.05) is 43.5 Å². The Morgan fingerprint density at radius 2 is 1.18 bits per heavy atom. The monoisotopic (exact) mass is 843 g/mol. The maximum atomic E-state index is 12.7. The van der Waals surface area contributed by atoms with Crippen LogP contribution in [0.3, 0.4) is 0 Å². The number of rotatable bonds is 9. The maximum Gasteiger partial charge on any atom is 0.573 e. The summed E-state index contributed by atoms with van der Waals surface area (Å²) in [5.74, 6) is 0.399. The molecule has 1 amide bonds. The van der Waals surface area contributed by atoms with Crippen LogP contribution >= 0.6 is 0 Å². The number of anilines is 2. The molecule has 7 aromatic rings. The van der Waals surface area contributed by atoms with Crippen LogP contribution < -0.4 is 19.9 Å². The van der Waals surface area contributed by atoms with Gasteiger partial charge in [-0.05, 0) is 91.2 Å². The molecule has 0 saturated carbocycles. The molecule has 13 nitrogen and oxygen atoms in total. The number of hydrogen-bond acceptors (Lipinski definition) is 11. The van der Waals surface area contributed by atoms with Gasteiger partial charge in [0.15, 0.2) is 11.6 Å². The zero-order chi connectivity index (χ0) is 43.7. The number of benzene rings is 5. The third kappa shape index (κ3) is 8.99. The number of aryl methyl sites for hydroxylation is 2. The lowest BCUT2D eigenvalue weighted by molar-refractivity contribution is -0.274. The minimum Gasteiger partial charge on any atom is -0.507 e. The Hall–Kier alpha value is -7.49. The number of nitrogens with zero attached hydrogens (tertiary/aromatic N) is 6. The van der Waals surface area contributed by atoms with Crippen LogP contribution in [-0.2, 0) is 16.1 Å². The Morgan fingerprint density at radius 3 is 1.66 bits per heavy atom. The summed E-state index contributed by atoms with van der Waals surface area (Å²) in [5, 5.41) is 34.1. The Balaban J connectivity index is 0.000000184. The molecule has 316 valence electrons. The number of nitrogens with one attached hydrogen (secondary N) is 1. The normalized spacial score (nSPS) is 14.1. The van der Waals surface area contributed by atoms with Gasteiger partial charge in [0.2, 0.25) is 5.91 Å². The predicted molar refractivity (Wildman–Crippen MR) is 227 cm³/mol. The summed E-state index contributed by atoms with van der Waals surface area (Å²) in [6, 6.07) is 31.1. The Labute approximate surface area is 353 Å². The number of carboxylic acids is 1. The number of carboxylic acid groups (broad SMARTS) is 1. The quantitative estimate of drug-likeness (QED) is 0.111. The molecule has 62 heavy (non-hydrogen) atoms. The number of alkyl halides is 3. The van der Waals surface area contributed by atoms with E-state index in [1.54, 1.807) is 48.5 Å². The number of ether oxygens (including phenoxy) is 1. The fourth-order valence-electron chi connectivity index (χ4n) is 7.31. The highest BCUT2D eigenvalue weighted by atomic mass is 19.4. The molecule has 2 fully saturated rings. The largest absolute Gasteiger partial charge is 0.573 e. The third-order valence-corrected chi connectivity index (χ3v) is 10.6. The molecule has 4 heterocycles. The molecule has 5 aromatic carbocycles. The van der Waals surface area contributed by atoms with Crippen molar-refractivity contribution in [2.24, 2.45) is 11.8 Å². The number of phenols is 2. The van der Waals surface area contributed by atoms with Gasteiger partial charge >= 0.3 is 12.3 Å². The number of hydrogen-bond donors (Lipinski definition) is 4. The van der Waals surface area contributed by atoms with Crippen LogP contribution in [0, 0.1) is 25.7 Å². The first-order valence-electron chi connectivity index (χ1n) is 19.7. The Morgan fingerprint density at radius 1 is 0.677 bits per heavy atom. The molecule has 4 N–H and O–H groups in total. The van der Waals surface area contributed by atoms with Gasteiger partial charge in [-0.3, -0.25) is 9.59 Å². The smallest absolute Gasteiger partial charge is 0.507 e. The SMILES string of the molecule is Cc1ccc2c(N3CC(C(=O)NCc4cccc(OC(F)(F)F)c4)C3)nc(-c3ccccc3O)nc2c1.Cc1ccc2c(N3CC(C(=O)O)C3)nc(-c3ccccc3O)nc2c1. The second-order valence-electron chi connectivity index (χ2n) is 15.3. The fourth-order valence-corrected chi connectivity index (χ4v) is 7.31. The number of halogens is 3. The molecule has 2 aliphatic rings. The zero-order valence-corrected chi connectivity index (χ0v) is 33.5. The first kappa shape index (κ1) is 41.3. The highest BCUT2D eigenvalue weighted by molar-refractivity contribution is 5.94. The average molecular weight is 844 g/mol. The summed E-state index contributed by atoms with van der Waals surface area (Å²) in [6.07, 6.45) is -4.78. The fraction of sp³-hybridized carbons (Fsp3) is 0.217. The van der Waals surface area contributed by atoms with E-state index in [2.05, 4.69) is 25.0 Å². The minimum atomic E-state index is -4.78. The van der Waals surface area contributed by atoms with Crippen molar-refractivity contribution >= 4 is 45.3 Å². The van der Waals surface area contributed by atoms with Crippen molar-refractivity contribution in [1.29, 1.82) is 0 Å². The van der Waals surface area contributed by atoms with E-state index in [0.29, 0.717) is 66.2 Å². The van der Waals surface area contributed by atoms with Crippen molar-refractivity contribution in [3.63, 3.8) is 0 Å². The number of carbonyl (C=O) groups excluding carboxylic acids is 1. The minimum absolute atomic E-state index is 0.0750. The second-order valence-corrected chi connectivity index (χ2v) is 15.3. The van der Waals surface area contributed by atoms with E-state index in [-0.39, 0.29) is 41.5 Å². The number of fused-ring (bicyclic) bond motifs is 2. The molecule has 0 spiro atoms. The van der Waals surface area contributed by atoms with Gasteiger partial charge in [-0.25, -0.2) is 19.9 Å². The summed E-state index contributed by atoms with van der Waals surface area (Å²) < 4.78 is 41.3. The third-order valence-electron chi connectivity index (χ3n) is 10.6. The second kappa shape index (κ2) is 16.9. The van der Waals surface area contributed by atoms with Crippen molar-refractivity contribution in [2.45, 2.75) is 26.8 Å². The van der Waals surface area contributed by atoms with Crippen LogP contribution in [0.15, 0.2) is 109 Å².